The van der Waals surface area contributed by atoms with E-state index in [1.165, 1.54) is 4.90 Å². The quantitative estimate of drug-likeness (QED) is 0.682. The minimum Gasteiger partial charge on any atom is -0.346 e. The van der Waals surface area contributed by atoms with Crippen LogP contribution in [-0.4, -0.2) is 47.7 Å². The number of amides is 3. The smallest absolute Gasteiger partial charge is 0.261 e. The lowest BCUT2D eigenvalue weighted by Gasteiger charge is -2.18. The van der Waals surface area contributed by atoms with Gasteiger partial charge in [-0.1, -0.05) is 29.3 Å². The van der Waals surface area contributed by atoms with Crippen LogP contribution in [0, 0.1) is 0 Å². The van der Waals surface area contributed by atoms with Crippen LogP contribution in [0.2, 0.25) is 0 Å². The number of carbonyl (C=O) groups is 3. The molecule has 0 bridgehead atoms. The van der Waals surface area contributed by atoms with Crippen LogP contribution in [0.15, 0.2) is 22.7 Å². The molecule has 0 spiro atoms. The van der Waals surface area contributed by atoms with Crippen molar-refractivity contribution in [2.45, 2.75) is 32.6 Å². The average molecular weight is 381 g/mol. The summed E-state index contributed by atoms with van der Waals surface area (Å²) < 4.78 is 0.770. The molecule has 0 aromatic heterocycles. The number of benzene rings is 1. The lowest BCUT2D eigenvalue weighted by atomic mass is 10.1. The van der Waals surface area contributed by atoms with Gasteiger partial charge in [0.2, 0.25) is 5.91 Å². The fourth-order valence-corrected chi connectivity index (χ4v) is 2.93. The van der Waals surface area contributed by atoms with E-state index in [1.54, 1.807) is 30.1 Å². The molecule has 0 aliphatic carbocycles. The Kier molecular flexibility index (Phi) is 5.93. The number of carbonyl (C=O) groups excluding carboxylic acids is 3. The van der Waals surface area contributed by atoms with Gasteiger partial charge in [-0.25, -0.2) is 0 Å². The fourth-order valence-electron chi connectivity index (χ4n) is 2.57. The predicted octanol–water partition coefficient (Wildman–Crippen LogP) is 3.08. The van der Waals surface area contributed by atoms with E-state index in [0.29, 0.717) is 24.0 Å². The number of nitrogens with zero attached hydrogens (tertiary/aromatic N) is 2. The number of imide groups is 1. The van der Waals surface area contributed by atoms with Crippen molar-refractivity contribution in [2.75, 3.05) is 20.1 Å². The highest BCUT2D eigenvalue weighted by Crippen LogP contribution is 2.26. The van der Waals surface area contributed by atoms with Crippen molar-refractivity contribution in [1.82, 2.24) is 9.80 Å². The highest BCUT2D eigenvalue weighted by Gasteiger charge is 2.35. The van der Waals surface area contributed by atoms with Crippen LogP contribution in [-0.2, 0) is 4.79 Å². The average Bonchev–Trinajstić information content (AvgIpc) is 2.76. The number of hydrogen-bond donors (Lipinski definition) is 0. The molecule has 1 aromatic rings. The molecule has 0 unspecified atom stereocenters. The lowest BCUT2D eigenvalue weighted by molar-refractivity contribution is -0.130. The first kappa shape index (κ1) is 17.7. The third-order valence-corrected chi connectivity index (χ3v) is 4.47. The molecule has 3 amide bonds. The van der Waals surface area contributed by atoms with Gasteiger partial charge in [0.05, 0.1) is 11.1 Å². The summed E-state index contributed by atoms with van der Waals surface area (Å²) in [4.78, 5) is 39.5. The van der Waals surface area contributed by atoms with Crippen molar-refractivity contribution < 1.29 is 14.4 Å². The Morgan fingerprint density at radius 1 is 1.17 bits per heavy atom. The van der Waals surface area contributed by atoms with Gasteiger partial charge in [-0.2, -0.15) is 0 Å². The molecule has 6 heteroatoms. The van der Waals surface area contributed by atoms with E-state index in [9.17, 15) is 14.4 Å². The molecule has 124 valence electrons. The van der Waals surface area contributed by atoms with E-state index in [-0.39, 0.29) is 24.3 Å². The second-order valence-electron chi connectivity index (χ2n) is 5.72. The van der Waals surface area contributed by atoms with Gasteiger partial charge < -0.3 is 4.90 Å². The molecule has 0 N–H and O–H groups in total. The standard InChI is InChI=1S/C17H21BrN2O3/c1-3-4-9-19(2)15(21)6-5-10-20-16(22)13-8-7-12(18)11-14(13)17(20)23/h7-8,11H,3-6,9-10H2,1-2H3. The second-order valence-corrected chi connectivity index (χ2v) is 6.64. The third kappa shape index (κ3) is 3.99. The third-order valence-electron chi connectivity index (χ3n) is 3.98. The molecule has 0 atom stereocenters. The van der Waals surface area contributed by atoms with Crippen LogP contribution >= 0.6 is 15.9 Å². The number of rotatable bonds is 7. The lowest BCUT2D eigenvalue weighted by Crippen LogP contribution is -2.32. The molecular formula is C17H21BrN2O3. The Morgan fingerprint density at radius 2 is 1.87 bits per heavy atom. The predicted molar refractivity (Wildman–Crippen MR) is 91.3 cm³/mol. The topological polar surface area (TPSA) is 57.7 Å². The van der Waals surface area contributed by atoms with Crippen molar-refractivity contribution in [2.24, 2.45) is 0 Å². The first-order valence-electron chi connectivity index (χ1n) is 7.85. The van der Waals surface area contributed by atoms with Crippen LogP contribution in [0.4, 0.5) is 0 Å². The maximum absolute atomic E-state index is 12.3. The van der Waals surface area contributed by atoms with Crippen molar-refractivity contribution in [3.05, 3.63) is 33.8 Å². The molecule has 5 nitrogen and oxygen atoms in total. The first-order valence-corrected chi connectivity index (χ1v) is 8.64. The van der Waals surface area contributed by atoms with Crippen LogP contribution < -0.4 is 0 Å². The van der Waals surface area contributed by atoms with E-state index in [2.05, 4.69) is 22.9 Å². The van der Waals surface area contributed by atoms with E-state index >= 15 is 0 Å². The number of halogens is 1. The Bertz CT molecular complexity index is 630. The van der Waals surface area contributed by atoms with Crippen LogP contribution in [0.25, 0.3) is 0 Å². The SMILES string of the molecule is CCCCN(C)C(=O)CCCN1C(=O)c2ccc(Br)cc2C1=O. The zero-order valence-electron chi connectivity index (χ0n) is 13.5. The van der Waals surface area contributed by atoms with Crippen LogP contribution in [0.5, 0.6) is 0 Å². The number of hydrogen-bond acceptors (Lipinski definition) is 3. The Labute approximate surface area is 144 Å². The van der Waals surface area contributed by atoms with Gasteiger partial charge in [-0.3, -0.25) is 19.3 Å². The first-order chi connectivity index (χ1) is 11.0. The zero-order chi connectivity index (χ0) is 17.0. The maximum Gasteiger partial charge on any atom is 0.261 e. The van der Waals surface area contributed by atoms with Gasteiger partial charge >= 0.3 is 0 Å². The molecular weight excluding hydrogens is 360 g/mol. The highest BCUT2D eigenvalue weighted by atomic mass is 79.9. The largest absolute Gasteiger partial charge is 0.346 e. The van der Waals surface area contributed by atoms with E-state index < -0.39 is 0 Å². The zero-order valence-corrected chi connectivity index (χ0v) is 15.1. The van der Waals surface area contributed by atoms with Crippen molar-refractivity contribution in [3.63, 3.8) is 0 Å². The van der Waals surface area contributed by atoms with Gasteiger partial charge in [0, 0.05) is 31.0 Å². The van der Waals surface area contributed by atoms with Crippen molar-refractivity contribution in [3.8, 4) is 0 Å². The molecule has 23 heavy (non-hydrogen) atoms. The van der Waals surface area contributed by atoms with Gasteiger partial charge in [0.15, 0.2) is 0 Å². The maximum atomic E-state index is 12.3. The summed E-state index contributed by atoms with van der Waals surface area (Å²) in [6, 6.07) is 5.07. The highest BCUT2D eigenvalue weighted by molar-refractivity contribution is 9.10. The molecule has 1 aromatic carbocycles. The van der Waals surface area contributed by atoms with E-state index in [0.717, 1.165) is 23.9 Å². The summed E-state index contributed by atoms with van der Waals surface area (Å²) in [6.07, 6.45) is 2.86. The summed E-state index contributed by atoms with van der Waals surface area (Å²) in [5.74, 6) is -0.500. The molecule has 0 radical (unpaired) electrons. The molecule has 1 aliphatic heterocycles. The van der Waals surface area contributed by atoms with Crippen molar-refractivity contribution >= 4 is 33.7 Å². The Balaban J connectivity index is 1.89. The number of fused-ring (bicyclic) bond motifs is 1. The summed E-state index contributed by atoms with van der Waals surface area (Å²) >= 11 is 3.31. The second kappa shape index (κ2) is 7.73. The molecule has 0 fully saturated rings. The molecule has 1 aliphatic rings. The van der Waals surface area contributed by atoms with Gasteiger partial charge in [-0.15, -0.1) is 0 Å². The van der Waals surface area contributed by atoms with Crippen molar-refractivity contribution in [1.29, 1.82) is 0 Å². The fraction of sp³-hybridized carbons (Fsp3) is 0.471. The summed E-state index contributed by atoms with van der Waals surface area (Å²) in [5.41, 5.74) is 0.861. The molecule has 0 saturated carbocycles. The Morgan fingerprint density at radius 3 is 2.57 bits per heavy atom. The molecule has 2 rings (SSSR count). The van der Waals surface area contributed by atoms with E-state index in [1.807, 2.05) is 0 Å². The summed E-state index contributed by atoms with van der Waals surface area (Å²) in [5, 5.41) is 0. The van der Waals surface area contributed by atoms with E-state index in [4.69, 9.17) is 0 Å². The monoisotopic (exact) mass is 380 g/mol. The minimum atomic E-state index is -0.280. The summed E-state index contributed by atoms with van der Waals surface area (Å²) in [6.45, 7) is 3.10. The minimum absolute atomic E-state index is 0.0535. The van der Waals surface area contributed by atoms with Crippen LogP contribution in [0.1, 0.15) is 53.3 Å². The molecule has 0 saturated heterocycles. The number of unbranched alkanes of at least 4 members (excludes halogenated alkanes) is 1. The van der Waals surface area contributed by atoms with Gasteiger partial charge in [0.1, 0.15) is 0 Å². The normalized spacial score (nSPS) is 13.4. The Hall–Kier alpha value is -1.69. The summed E-state index contributed by atoms with van der Waals surface area (Å²) in [7, 11) is 1.79. The molecule has 1 heterocycles. The van der Waals surface area contributed by atoms with Crippen LogP contribution in [0.3, 0.4) is 0 Å². The van der Waals surface area contributed by atoms with Gasteiger partial charge in [0.25, 0.3) is 11.8 Å². The van der Waals surface area contributed by atoms with Gasteiger partial charge in [-0.05, 0) is 31.0 Å².